The zero-order valence-corrected chi connectivity index (χ0v) is 17.3. The van der Waals surface area contributed by atoms with Crippen LogP contribution in [0.3, 0.4) is 0 Å². The lowest BCUT2D eigenvalue weighted by atomic mass is 10.2. The minimum absolute atomic E-state index is 0.0556. The predicted molar refractivity (Wildman–Crippen MR) is 113 cm³/mol. The number of anilines is 2. The Morgan fingerprint density at radius 2 is 2.00 bits per heavy atom. The Labute approximate surface area is 180 Å². The van der Waals surface area contributed by atoms with Crippen LogP contribution in [0.1, 0.15) is 16.1 Å². The fourth-order valence-electron chi connectivity index (χ4n) is 2.77. The first-order valence-electron chi connectivity index (χ1n) is 8.80. The average molecular weight is 446 g/mol. The molecule has 0 spiro atoms. The van der Waals surface area contributed by atoms with E-state index in [0.29, 0.717) is 44.3 Å². The van der Waals surface area contributed by atoms with E-state index in [1.54, 1.807) is 41.8 Å². The van der Waals surface area contributed by atoms with Gasteiger partial charge >= 0.3 is 0 Å². The number of thiazole rings is 1. The third kappa shape index (κ3) is 4.47. The van der Waals surface area contributed by atoms with Crippen molar-refractivity contribution in [3.63, 3.8) is 0 Å². The Morgan fingerprint density at radius 3 is 2.80 bits per heavy atom. The van der Waals surface area contributed by atoms with E-state index in [2.05, 4.69) is 15.6 Å². The SMILES string of the molecule is COc1ccc(NC(=O)Cc2csc(NC(=O)c3ccc4c(c3)OCO4)n2)cc1Cl. The lowest BCUT2D eigenvalue weighted by Gasteiger charge is -2.07. The van der Waals surface area contributed by atoms with Crippen molar-refractivity contribution >= 4 is 45.6 Å². The van der Waals surface area contributed by atoms with Crippen LogP contribution in [-0.4, -0.2) is 30.7 Å². The van der Waals surface area contributed by atoms with Crippen molar-refractivity contribution in [1.82, 2.24) is 4.98 Å². The average Bonchev–Trinajstić information content (AvgIpc) is 3.36. The number of fused-ring (bicyclic) bond motifs is 1. The summed E-state index contributed by atoms with van der Waals surface area (Å²) in [6.07, 6.45) is 0.0556. The first kappa shape index (κ1) is 20.0. The van der Waals surface area contributed by atoms with E-state index in [1.165, 1.54) is 18.4 Å². The van der Waals surface area contributed by atoms with Crippen LogP contribution >= 0.6 is 22.9 Å². The van der Waals surface area contributed by atoms with Gasteiger partial charge in [0.2, 0.25) is 12.7 Å². The van der Waals surface area contributed by atoms with Crippen LogP contribution in [0.5, 0.6) is 17.2 Å². The summed E-state index contributed by atoms with van der Waals surface area (Å²) in [5.74, 6) is 1.07. The highest BCUT2D eigenvalue weighted by molar-refractivity contribution is 7.14. The van der Waals surface area contributed by atoms with E-state index >= 15 is 0 Å². The summed E-state index contributed by atoms with van der Waals surface area (Å²) >= 11 is 7.30. The second-order valence-corrected chi connectivity index (χ2v) is 7.51. The summed E-state index contributed by atoms with van der Waals surface area (Å²) in [5, 5.41) is 7.99. The third-order valence-corrected chi connectivity index (χ3v) is 5.29. The van der Waals surface area contributed by atoms with Gasteiger partial charge in [0, 0.05) is 16.6 Å². The van der Waals surface area contributed by atoms with Gasteiger partial charge in [-0.15, -0.1) is 11.3 Å². The van der Waals surface area contributed by atoms with Gasteiger partial charge in [-0.25, -0.2) is 4.98 Å². The van der Waals surface area contributed by atoms with Crippen molar-refractivity contribution in [1.29, 1.82) is 0 Å². The van der Waals surface area contributed by atoms with Crippen molar-refractivity contribution < 1.29 is 23.8 Å². The number of benzene rings is 2. The molecular formula is C20H16ClN3O5S. The molecular weight excluding hydrogens is 430 g/mol. The molecule has 2 amide bonds. The minimum Gasteiger partial charge on any atom is -0.495 e. The molecule has 2 aromatic carbocycles. The van der Waals surface area contributed by atoms with Crippen LogP contribution in [0, 0.1) is 0 Å². The highest BCUT2D eigenvalue weighted by atomic mass is 35.5. The Hall–Kier alpha value is -3.30. The second-order valence-electron chi connectivity index (χ2n) is 6.24. The maximum absolute atomic E-state index is 12.4. The molecule has 1 aromatic heterocycles. The van der Waals surface area contributed by atoms with Gasteiger partial charge in [0.05, 0.1) is 24.2 Å². The van der Waals surface area contributed by atoms with Gasteiger partial charge in [-0.3, -0.25) is 14.9 Å². The van der Waals surface area contributed by atoms with Crippen LogP contribution < -0.4 is 24.8 Å². The van der Waals surface area contributed by atoms with Crippen LogP contribution in [-0.2, 0) is 11.2 Å². The number of nitrogens with one attached hydrogen (secondary N) is 2. The summed E-state index contributed by atoms with van der Waals surface area (Å²) in [7, 11) is 1.52. The van der Waals surface area contributed by atoms with Crippen LogP contribution in [0.2, 0.25) is 5.02 Å². The second kappa shape index (κ2) is 8.60. The summed E-state index contributed by atoms with van der Waals surface area (Å²) < 4.78 is 15.6. The molecule has 0 radical (unpaired) electrons. The zero-order chi connectivity index (χ0) is 21.1. The number of carbonyl (C=O) groups excluding carboxylic acids is 2. The smallest absolute Gasteiger partial charge is 0.257 e. The molecule has 4 rings (SSSR count). The molecule has 0 saturated carbocycles. The third-order valence-electron chi connectivity index (χ3n) is 4.18. The molecule has 0 bridgehead atoms. The molecule has 0 aliphatic carbocycles. The number of hydrogen-bond acceptors (Lipinski definition) is 7. The Kier molecular flexibility index (Phi) is 5.73. The monoisotopic (exact) mass is 445 g/mol. The molecule has 30 heavy (non-hydrogen) atoms. The van der Waals surface area contributed by atoms with Crippen molar-refractivity contribution in [2.24, 2.45) is 0 Å². The standard InChI is InChI=1S/C20H16ClN3O5S/c1-27-15-5-3-12(7-14(15)21)22-18(25)8-13-9-30-20(23-13)24-19(26)11-2-4-16-17(6-11)29-10-28-16/h2-7,9H,8,10H2,1H3,(H,22,25)(H,23,24,26). The maximum Gasteiger partial charge on any atom is 0.257 e. The first-order chi connectivity index (χ1) is 14.5. The number of ether oxygens (including phenoxy) is 3. The van der Waals surface area contributed by atoms with Gasteiger partial charge in [-0.2, -0.15) is 0 Å². The minimum atomic E-state index is -0.327. The lowest BCUT2D eigenvalue weighted by Crippen LogP contribution is -2.15. The highest BCUT2D eigenvalue weighted by Crippen LogP contribution is 2.33. The van der Waals surface area contributed by atoms with Gasteiger partial charge in [-0.05, 0) is 36.4 Å². The quantitative estimate of drug-likeness (QED) is 0.595. The molecule has 154 valence electrons. The van der Waals surface area contributed by atoms with E-state index in [0.717, 1.165) is 0 Å². The largest absolute Gasteiger partial charge is 0.495 e. The van der Waals surface area contributed by atoms with Gasteiger partial charge in [-0.1, -0.05) is 11.6 Å². The number of methoxy groups -OCH3 is 1. The number of rotatable bonds is 6. The summed E-state index contributed by atoms with van der Waals surface area (Å²) in [6, 6.07) is 9.91. The van der Waals surface area contributed by atoms with E-state index in [-0.39, 0.29) is 25.0 Å². The molecule has 2 N–H and O–H groups in total. The van der Waals surface area contributed by atoms with Crippen LogP contribution in [0.15, 0.2) is 41.8 Å². The Bertz CT molecular complexity index is 1120. The maximum atomic E-state index is 12.4. The van der Waals surface area contributed by atoms with Gasteiger partial charge in [0.15, 0.2) is 16.6 Å². The van der Waals surface area contributed by atoms with E-state index in [9.17, 15) is 9.59 Å². The van der Waals surface area contributed by atoms with Crippen molar-refractivity contribution in [3.05, 3.63) is 58.1 Å². The fraction of sp³-hybridized carbons (Fsp3) is 0.150. The van der Waals surface area contributed by atoms with Gasteiger partial charge in [0.25, 0.3) is 5.91 Å². The van der Waals surface area contributed by atoms with Gasteiger partial charge in [0.1, 0.15) is 5.75 Å². The molecule has 0 atom stereocenters. The van der Waals surface area contributed by atoms with Gasteiger partial charge < -0.3 is 19.5 Å². The molecule has 0 saturated heterocycles. The molecule has 0 fully saturated rings. The highest BCUT2D eigenvalue weighted by Gasteiger charge is 2.17. The number of nitrogens with zero attached hydrogens (tertiary/aromatic N) is 1. The summed E-state index contributed by atoms with van der Waals surface area (Å²) in [5.41, 5.74) is 1.51. The molecule has 10 heteroatoms. The lowest BCUT2D eigenvalue weighted by molar-refractivity contribution is -0.115. The molecule has 0 unspecified atom stereocenters. The summed E-state index contributed by atoms with van der Waals surface area (Å²) in [4.78, 5) is 29.0. The number of amides is 2. The number of hydrogen-bond donors (Lipinski definition) is 2. The molecule has 8 nitrogen and oxygen atoms in total. The van der Waals surface area contributed by atoms with Crippen molar-refractivity contribution in [2.45, 2.75) is 6.42 Å². The Morgan fingerprint density at radius 1 is 1.17 bits per heavy atom. The van der Waals surface area contributed by atoms with Crippen LogP contribution in [0.25, 0.3) is 0 Å². The van der Waals surface area contributed by atoms with E-state index < -0.39 is 0 Å². The molecule has 2 heterocycles. The number of carbonyl (C=O) groups is 2. The van der Waals surface area contributed by atoms with Crippen molar-refractivity contribution in [3.8, 4) is 17.2 Å². The topological polar surface area (TPSA) is 98.8 Å². The van der Waals surface area contributed by atoms with E-state index in [4.69, 9.17) is 25.8 Å². The summed E-state index contributed by atoms with van der Waals surface area (Å²) in [6.45, 7) is 0.140. The van der Waals surface area contributed by atoms with Crippen LogP contribution in [0.4, 0.5) is 10.8 Å². The fourth-order valence-corrected chi connectivity index (χ4v) is 3.73. The molecule has 1 aliphatic rings. The zero-order valence-electron chi connectivity index (χ0n) is 15.7. The molecule has 1 aliphatic heterocycles. The molecule has 3 aromatic rings. The van der Waals surface area contributed by atoms with Crippen molar-refractivity contribution in [2.75, 3.05) is 24.5 Å². The normalized spacial score (nSPS) is 11.8. The Balaban J connectivity index is 1.35. The first-order valence-corrected chi connectivity index (χ1v) is 10.1. The van der Waals surface area contributed by atoms with E-state index in [1.807, 2.05) is 0 Å². The number of halogens is 1. The predicted octanol–water partition coefficient (Wildman–Crippen LogP) is 3.97. The number of aromatic nitrogens is 1.